The molecule has 86 valence electrons. The minimum Gasteiger partial charge on any atom is -0.481 e. The summed E-state index contributed by atoms with van der Waals surface area (Å²) in [6.07, 6.45) is -0.549. The zero-order chi connectivity index (χ0) is 12.7. The van der Waals surface area contributed by atoms with Crippen molar-refractivity contribution < 1.29 is 29.7 Å². The van der Waals surface area contributed by atoms with E-state index in [1.165, 1.54) is 0 Å². The van der Waals surface area contributed by atoms with Crippen molar-refractivity contribution in [2.45, 2.75) is 18.5 Å². The van der Waals surface area contributed by atoms with Gasteiger partial charge in [-0.05, 0) is 0 Å². The number of carboxylic acids is 2. The third-order valence-corrected chi connectivity index (χ3v) is 1.52. The summed E-state index contributed by atoms with van der Waals surface area (Å²) in [5.74, 6) is -3.36. The molecule has 0 aliphatic carbocycles. The molecule has 0 radical (unpaired) electrons. The molecule has 0 heterocycles. The number of carbonyl (C=O) groups is 3. The predicted molar refractivity (Wildman–Crippen MR) is 46.9 cm³/mol. The van der Waals surface area contributed by atoms with Crippen molar-refractivity contribution in [1.82, 2.24) is 5.32 Å². The second-order valence-electron chi connectivity index (χ2n) is 2.76. The molecule has 0 aliphatic rings. The van der Waals surface area contributed by atoms with Crippen LogP contribution in [0.1, 0.15) is 6.42 Å². The Hall–Kier alpha value is -1.67. The van der Waals surface area contributed by atoms with Crippen LogP contribution >= 0.6 is 0 Å². The Kier molecular flexibility index (Phi) is 4.51. The van der Waals surface area contributed by atoms with Crippen molar-refractivity contribution in [2.75, 3.05) is 6.61 Å². The zero-order valence-corrected chi connectivity index (χ0v) is 7.67. The van der Waals surface area contributed by atoms with Crippen LogP contribution in [0.3, 0.4) is 0 Å². The van der Waals surface area contributed by atoms with Crippen molar-refractivity contribution in [3.05, 3.63) is 0 Å². The number of nitrogens with two attached hydrogens (primary N) is 1. The minimum atomic E-state index is -1.48. The fourth-order valence-electron chi connectivity index (χ4n) is 0.736. The number of aliphatic hydroxyl groups is 1. The molecule has 0 aromatic heterocycles. The standard InChI is InChI=1S/C7H12N2O6/c8-3(1-5(11)12)6(13)9-4(2-10)7(14)15/h3-4,10H,1-2,8H2,(H,9,13)(H,11,12)(H,14,15)/t3?,4-/m0/s1/i/hD. The van der Waals surface area contributed by atoms with Crippen LogP contribution in [0.4, 0.5) is 0 Å². The number of rotatable bonds is 6. The van der Waals surface area contributed by atoms with Gasteiger partial charge in [-0.1, -0.05) is 0 Å². The number of aliphatic hydroxyl groups excluding tert-OH is 1. The van der Waals surface area contributed by atoms with Crippen LogP contribution in [0.2, 0.25) is 0 Å². The first-order valence-electron chi connectivity index (χ1n) is 4.38. The van der Waals surface area contributed by atoms with Gasteiger partial charge in [0.1, 0.15) is 6.04 Å². The average molecular weight is 221 g/mol. The molecule has 15 heavy (non-hydrogen) atoms. The van der Waals surface area contributed by atoms with Crippen molar-refractivity contribution >= 4 is 17.8 Å². The molecular weight excluding hydrogens is 208 g/mol. The highest BCUT2D eigenvalue weighted by Gasteiger charge is 2.23. The maximum atomic E-state index is 11.2. The number of aliphatic carboxylic acids is 2. The molecule has 0 saturated carbocycles. The molecule has 8 heteroatoms. The van der Waals surface area contributed by atoms with Gasteiger partial charge in [-0.2, -0.15) is 0 Å². The molecule has 2 atom stereocenters. The topological polar surface area (TPSA) is 150 Å². The largest absolute Gasteiger partial charge is 0.481 e. The number of hydrogen-bond donors (Lipinski definition) is 5. The van der Waals surface area contributed by atoms with Crippen molar-refractivity contribution in [3.63, 3.8) is 0 Å². The van der Waals surface area contributed by atoms with Gasteiger partial charge in [0.2, 0.25) is 5.91 Å². The molecule has 0 fully saturated rings. The van der Waals surface area contributed by atoms with Crippen LogP contribution < -0.4 is 11.1 Å². The number of hydrogen-bond acceptors (Lipinski definition) is 6. The quantitative estimate of drug-likeness (QED) is 0.328. The van der Waals surface area contributed by atoms with Gasteiger partial charge in [0, 0.05) is 0 Å². The van der Waals surface area contributed by atoms with Gasteiger partial charge in [0.25, 0.3) is 1.43 Å². The van der Waals surface area contributed by atoms with Gasteiger partial charge in [-0.15, -0.1) is 0 Å². The van der Waals surface area contributed by atoms with E-state index in [9.17, 15) is 14.4 Å². The third kappa shape index (κ3) is 4.93. The molecule has 1 unspecified atom stereocenters. The summed E-state index contributed by atoms with van der Waals surface area (Å²) >= 11 is 0. The summed E-state index contributed by atoms with van der Waals surface area (Å²) in [5.41, 5.74) is 5.23. The molecule has 0 bridgehead atoms. The Morgan fingerprint density at radius 3 is 2.47 bits per heavy atom. The number of amides is 1. The highest BCUT2D eigenvalue weighted by atomic mass is 16.4. The molecule has 0 rings (SSSR count). The van der Waals surface area contributed by atoms with Crippen LogP contribution in [0.15, 0.2) is 0 Å². The van der Waals surface area contributed by atoms with E-state index in [0.29, 0.717) is 0 Å². The van der Waals surface area contributed by atoms with Crippen molar-refractivity contribution in [2.24, 2.45) is 5.73 Å². The fourth-order valence-corrected chi connectivity index (χ4v) is 0.736. The lowest BCUT2D eigenvalue weighted by Gasteiger charge is -2.14. The van der Waals surface area contributed by atoms with Crippen molar-refractivity contribution in [3.8, 4) is 0 Å². The van der Waals surface area contributed by atoms with Gasteiger partial charge in [0.05, 0.1) is 19.1 Å². The van der Waals surface area contributed by atoms with Crippen LogP contribution in [0.25, 0.3) is 1.43 Å². The summed E-state index contributed by atoms with van der Waals surface area (Å²) < 4.78 is 6.22. The number of nitrogens with one attached hydrogen (secondary N) is 1. The summed E-state index contributed by atoms with van der Waals surface area (Å²) in [7, 11) is 0. The smallest absolute Gasteiger partial charge is 0.328 e. The molecule has 6 N–H and O–H groups in total. The molecular formula is C7H12N2O6. The lowest BCUT2D eigenvalue weighted by molar-refractivity contribution is -0.143. The number of carbonyl (C=O) groups excluding carboxylic acids is 1. The lowest BCUT2D eigenvalue weighted by atomic mass is 10.2. The van der Waals surface area contributed by atoms with Gasteiger partial charge < -0.3 is 26.4 Å². The van der Waals surface area contributed by atoms with Gasteiger partial charge in [-0.25, -0.2) is 4.79 Å². The highest BCUT2D eigenvalue weighted by molar-refractivity contribution is 5.89. The molecule has 1 amide bonds. The third-order valence-electron chi connectivity index (χ3n) is 1.52. The van der Waals surface area contributed by atoms with E-state index in [-0.39, 0.29) is 0 Å². The van der Waals surface area contributed by atoms with Crippen LogP contribution in [0.5, 0.6) is 0 Å². The molecule has 0 saturated heterocycles. The SMILES string of the molecule is [2H]OC(=O)CC(N)C(=O)N[C@@H](CO)C(=O)O. The van der Waals surface area contributed by atoms with Crippen LogP contribution in [-0.4, -0.2) is 51.9 Å². The van der Waals surface area contributed by atoms with E-state index >= 15 is 0 Å². The zero-order valence-electron chi connectivity index (χ0n) is 8.67. The Morgan fingerprint density at radius 2 is 2.07 bits per heavy atom. The van der Waals surface area contributed by atoms with E-state index < -0.39 is 43.0 Å². The summed E-state index contributed by atoms with van der Waals surface area (Å²) in [6.45, 7) is -0.795. The summed E-state index contributed by atoms with van der Waals surface area (Å²) in [6, 6.07) is -2.81. The van der Waals surface area contributed by atoms with E-state index in [1.54, 1.807) is 0 Å². The summed E-state index contributed by atoms with van der Waals surface area (Å²) in [4.78, 5) is 32.2. The van der Waals surface area contributed by atoms with E-state index in [2.05, 4.69) is 5.11 Å². The van der Waals surface area contributed by atoms with Crippen LogP contribution in [0, 0.1) is 0 Å². The van der Waals surface area contributed by atoms with E-state index in [0.717, 1.165) is 0 Å². The first kappa shape index (κ1) is 11.4. The van der Waals surface area contributed by atoms with Crippen molar-refractivity contribution in [1.29, 1.82) is 1.43 Å². The minimum absolute atomic E-state index is 0.549. The second kappa shape index (κ2) is 5.94. The maximum Gasteiger partial charge on any atom is 0.328 e. The maximum absolute atomic E-state index is 11.2. The molecule has 0 aliphatic heterocycles. The summed E-state index contributed by atoms with van der Waals surface area (Å²) in [5, 5.41) is 22.5. The fraction of sp³-hybridized carbons (Fsp3) is 0.571. The monoisotopic (exact) mass is 221 g/mol. The molecule has 0 spiro atoms. The second-order valence-corrected chi connectivity index (χ2v) is 2.76. The van der Waals surface area contributed by atoms with Crippen LogP contribution in [-0.2, 0) is 14.4 Å². The first-order chi connectivity index (χ1) is 7.42. The van der Waals surface area contributed by atoms with E-state index in [1.807, 2.05) is 5.32 Å². The highest BCUT2D eigenvalue weighted by Crippen LogP contribution is 1.91. The molecule has 8 nitrogen and oxygen atoms in total. The Labute approximate surface area is 86.2 Å². The van der Waals surface area contributed by atoms with Gasteiger partial charge in [0.15, 0.2) is 0 Å². The Morgan fingerprint density at radius 1 is 1.47 bits per heavy atom. The number of carboxylic acid groups (broad SMARTS) is 2. The predicted octanol–water partition coefficient (Wildman–Crippen LogP) is -2.65. The van der Waals surface area contributed by atoms with Gasteiger partial charge in [-0.3, -0.25) is 9.59 Å². The molecule has 0 aromatic rings. The molecule has 0 aromatic carbocycles. The lowest BCUT2D eigenvalue weighted by Crippen LogP contribution is -2.50. The normalized spacial score (nSPS) is 14.7. The van der Waals surface area contributed by atoms with E-state index in [4.69, 9.17) is 17.4 Å². The average Bonchev–Trinajstić information content (AvgIpc) is 2.24. The first-order valence-corrected chi connectivity index (χ1v) is 3.98. The Bertz CT molecular complexity index is 284. The Balaban J connectivity index is 4.23. The van der Waals surface area contributed by atoms with Gasteiger partial charge >= 0.3 is 11.9 Å².